The highest BCUT2D eigenvalue weighted by molar-refractivity contribution is 7.87. The van der Waals surface area contributed by atoms with Gasteiger partial charge in [0.1, 0.15) is 10.5 Å². The molecule has 4 aromatic rings. The minimum absolute atomic E-state index is 0.0541. The van der Waals surface area contributed by atoms with Crippen LogP contribution < -0.4 is 9.74 Å². The molecule has 0 aliphatic heterocycles. The quantitative estimate of drug-likeness (QED) is 0.508. The van der Waals surface area contributed by atoms with E-state index in [0.29, 0.717) is 21.9 Å². The van der Waals surface area contributed by atoms with Gasteiger partial charge in [-0.3, -0.25) is 4.79 Å². The van der Waals surface area contributed by atoms with Crippen molar-refractivity contribution in [3.05, 3.63) is 68.6 Å². The number of hydrogen-bond acceptors (Lipinski definition) is 5. The summed E-state index contributed by atoms with van der Waals surface area (Å²) in [6.07, 6.45) is 0. The smallest absolute Gasteiger partial charge is 0.339 e. The molecule has 0 bridgehead atoms. The molecule has 2 heterocycles. The molecule has 0 fully saturated rings. The largest absolute Gasteiger partial charge is 0.377 e. The van der Waals surface area contributed by atoms with E-state index in [2.05, 4.69) is 10.1 Å². The number of hydrogen-bond donors (Lipinski definition) is 1. The van der Waals surface area contributed by atoms with Crippen molar-refractivity contribution < 1.29 is 12.6 Å². The minimum atomic E-state index is -4.21. The summed E-state index contributed by atoms with van der Waals surface area (Å²) in [5, 5.41) is 4.67. The molecule has 138 valence electrons. The number of nitrogens with zero attached hydrogens (tertiary/aromatic N) is 2. The summed E-state index contributed by atoms with van der Waals surface area (Å²) in [7, 11) is -4.21. The van der Waals surface area contributed by atoms with E-state index in [-0.39, 0.29) is 21.1 Å². The third kappa shape index (κ3) is 3.16. The molecule has 0 unspecified atom stereocenters. The zero-order chi connectivity index (χ0) is 19.3. The summed E-state index contributed by atoms with van der Waals surface area (Å²) in [4.78, 5) is 15.5. The van der Waals surface area contributed by atoms with Crippen LogP contribution in [-0.2, 0) is 10.1 Å². The van der Waals surface area contributed by atoms with Crippen LogP contribution in [0.4, 0.5) is 0 Å². The Balaban J connectivity index is 1.84. The van der Waals surface area contributed by atoms with Gasteiger partial charge in [0.2, 0.25) is 0 Å². The van der Waals surface area contributed by atoms with Gasteiger partial charge in [0, 0.05) is 11.1 Å². The van der Waals surface area contributed by atoms with Crippen molar-refractivity contribution in [3.63, 3.8) is 0 Å². The van der Waals surface area contributed by atoms with E-state index >= 15 is 0 Å². The Morgan fingerprint density at radius 2 is 1.89 bits per heavy atom. The number of halogens is 2. The molecule has 0 aliphatic carbocycles. The fraction of sp³-hybridized carbons (Fsp3) is 0.0588. The van der Waals surface area contributed by atoms with Crippen LogP contribution in [0.3, 0.4) is 0 Å². The fourth-order valence-electron chi connectivity index (χ4n) is 2.67. The first-order valence-corrected chi connectivity index (χ1v) is 9.83. The molecule has 0 atom stereocenters. The van der Waals surface area contributed by atoms with Crippen molar-refractivity contribution >= 4 is 49.9 Å². The molecule has 2 aromatic heterocycles. The van der Waals surface area contributed by atoms with Crippen molar-refractivity contribution in [2.24, 2.45) is 0 Å². The molecule has 2 aromatic carbocycles. The predicted octanol–water partition coefficient (Wildman–Crippen LogP) is 3.56. The first kappa shape index (κ1) is 17.8. The van der Waals surface area contributed by atoms with E-state index in [9.17, 15) is 13.2 Å². The maximum Gasteiger partial charge on any atom is 0.339 e. The van der Waals surface area contributed by atoms with Gasteiger partial charge in [0.25, 0.3) is 5.56 Å². The third-order valence-corrected chi connectivity index (χ3v) is 5.65. The molecule has 0 amide bonds. The lowest BCUT2D eigenvalue weighted by Crippen LogP contribution is -2.16. The summed E-state index contributed by atoms with van der Waals surface area (Å²) in [6.45, 7) is 1.75. The van der Waals surface area contributed by atoms with E-state index < -0.39 is 15.7 Å². The highest BCUT2D eigenvalue weighted by Crippen LogP contribution is 2.30. The average Bonchev–Trinajstić information content (AvgIpc) is 2.98. The van der Waals surface area contributed by atoms with E-state index in [4.69, 9.17) is 27.4 Å². The molecular weight excluding hydrogens is 413 g/mol. The number of aromatic nitrogens is 3. The molecule has 0 radical (unpaired) electrons. The van der Waals surface area contributed by atoms with E-state index in [0.717, 1.165) is 0 Å². The number of aromatic amines is 1. The zero-order valence-corrected chi connectivity index (χ0v) is 16.1. The van der Waals surface area contributed by atoms with Gasteiger partial charge in [-0.1, -0.05) is 23.2 Å². The van der Waals surface area contributed by atoms with Gasteiger partial charge in [-0.25, -0.2) is 0 Å². The Morgan fingerprint density at radius 3 is 2.63 bits per heavy atom. The minimum Gasteiger partial charge on any atom is -0.377 e. The molecule has 0 saturated carbocycles. The number of aryl methyl sites for hydroxylation is 1. The number of fused-ring (bicyclic) bond motifs is 2. The topological polar surface area (TPSA) is 93.5 Å². The molecule has 0 spiro atoms. The fourth-order valence-corrected chi connectivity index (χ4v) is 4.14. The number of nitrogens with one attached hydrogen (secondary N) is 1. The van der Waals surface area contributed by atoms with Crippen LogP contribution in [0.25, 0.3) is 16.6 Å². The van der Waals surface area contributed by atoms with Crippen molar-refractivity contribution in [2.45, 2.75) is 11.8 Å². The Bertz CT molecular complexity index is 1380. The van der Waals surface area contributed by atoms with Crippen LogP contribution in [0, 0.1) is 6.92 Å². The second-order valence-corrected chi connectivity index (χ2v) is 8.22. The van der Waals surface area contributed by atoms with Gasteiger partial charge >= 0.3 is 10.1 Å². The van der Waals surface area contributed by atoms with E-state index in [1.165, 1.54) is 40.9 Å². The van der Waals surface area contributed by atoms with Crippen molar-refractivity contribution in [1.82, 2.24) is 14.6 Å². The lowest BCUT2D eigenvalue weighted by molar-refractivity contribution is 0.486. The highest BCUT2D eigenvalue weighted by Gasteiger charge is 2.20. The molecule has 7 nitrogen and oxygen atoms in total. The Hall–Kier alpha value is -2.55. The molecule has 0 saturated heterocycles. The van der Waals surface area contributed by atoms with Crippen LogP contribution in [-0.4, -0.2) is 23.0 Å². The Morgan fingerprint density at radius 1 is 1.11 bits per heavy atom. The van der Waals surface area contributed by atoms with Gasteiger partial charge in [0.05, 0.1) is 21.6 Å². The standard InChI is InChI=1S/C17H11Cl2N3O4S/c1-9-6-16-20-14-4-3-11(8-12(14)17(23)22(16)21-9)27(24,25)26-15-5-2-10(18)7-13(15)19/h2-8,20H,1H3. The van der Waals surface area contributed by atoms with E-state index in [1.807, 2.05) is 0 Å². The Kier molecular flexibility index (Phi) is 4.14. The van der Waals surface area contributed by atoms with Crippen LogP contribution in [0.2, 0.25) is 10.0 Å². The number of benzene rings is 2. The maximum atomic E-state index is 12.6. The molecule has 4 rings (SSSR count). The zero-order valence-electron chi connectivity index (χ0n) is 13.7. The highest BCUT2D eigenvalue weighted by atomic mass is 35.5. The molecule has 10 heteroatoms. The summed E-state index contributed by atoms with van der Waals surface area (Å²) in [5.74, 6) is -0.0618. The van der Waals surface area contributed by atoms with Crippen molar-refractivity contribution in [2.75, 3.05) is 0 Å². The van der Waals surface area contributed by atoms with Crippen molar-refractivity contribution in [1.29, 1.82) is 0 Å². The van der Waals surface area contributed by atoms with Gasteiger partial charge in [-0.05, 0) is 43.3 Å². The van der Waals surface area contributed by atoms with Crippen LogP contribution in [0.15, 0.2) is 52.2 Å². The molecule has 0 aliphatic rings. The normalized spacial score (nSPS) is 12.0. The second kappa shape index (κ2) is 6.26. The summed E-state index contributed by atoms with van der Waals surface area (Å²) < 4.78 is 31.5. The summed E-state index contributed by atoms with van der Waals surface area (Å²) >= 11 is 11.8. The first-order valence-electron chi connectivity index (χ1n) is 7.66. The maximum absolute atomic E-state index is 12.6. The van der Waals surface area contributed by atoms with Crippen LogP contribution >= 0.6 is 23.2 Å². The predicted molar refractivity (Wildman–Crippen MR) is 102 cm³/mol. The Labute approximate surface area is 163 Å². The lowest BCUT2D eigenvalue weighted by Gasteiger charge is -2.09. The number of H-pyrrole nitrogens is 1. The SMILES string of the molecule is Cc1cc2[nH]c3ccc(S(=O)(=O)Oc4ccc(Cl)cc4Cl)cc3c(=O)n2n1. The third-order valence-electron chi connectivity index (χ3n) is 3.89. The summed E-state index contributed by atoms with van der Waals surface area (Å²) in [6, 6.07) is 9.99. The molecule has 27 heavy (non-hydrogen) atoms. The monoisotopic (exact) mass is 423 g/mol. The van der Waals surface area contributed by atoms with Gasteiger partial charge in [-0.2, -0.15) is 18.0 Å². The van der Waals surface area contributed by atoms with Gasteiger partial charge < -0.3 is 9.17 Å². The number of rotatable bonds is 3. The molecule has 1 N–H and O–H groups in total. The van der Waals surface area contributed by atoms with Crippen LogP contribution in [0.1, 0.15) is 5.69 Å². The first-order chi connectivity index (χ1) is 12.7. The van der Waals surface area contributed by atoms with E-state index in [1.54, 1.807) is 13.0 Å². The second-order valence-electron chi connectivity index (χ2n) is 5.83. The molecular formula is C17H11Cl2N3O4S. The summed E-state index contributed by atoms with van der Waals surface area (Å²) in [5.41, 5.74) is 1.22. The van der Waals surface area contributed by atoms with Gasteiger partial charge in [-0.15, -0.1) is 0 Å². The lowest BCUT2D eigenvalue weighted by atomic mass is 10.2. The van der Waals surface area contributed by atoms with Gasteiger partial charge in [0.15, 0.2) is 5.75 Å². The van der Waals surface area contributed by atoms with Crippen LogP contribution in [0.5, 0.6) is 5.75 Å². The average molecular weight is 424 g/mol. The van der Waals surface area contributed by atoms with Crippen molar-refractivity contribution in [3.8, 4) is 5.75 Å².